The number of benzene rings is 1. The number of aliphatic hydroxyl groups is 1. The van der Waals surface area contributed by atoms with Gasteiger partial charge < -0.3 is 10.0 Å². The molecule has 0 bridgehead atoms. The van der Waals surface area contributed by atoms with Gasteiger partial charge in [0, 0.05) is 19.1 Å². The summed E-state index contributed by atoms with van der Waals surface area (Å²) in [4.78, 5) is 4.82. The van der Waals surface area contributed by atoms with Gasteiger partial charge in [0.1, 0.15) is 0 Å². The summed E-state index contributed by atoms with van der Waals surface area (Å²) < 4.78 is 0. The molecule has 0 aromatic heterocycles. The molecule has 3 unspecified atom stereocenters. The van der Waals surface area contributed by atoms with E-state index in [-0.39, 0.29) is 12.0 Å². The Bertz CT molecular complexity index is 393. The van der Waals surface area contributed by atoms with Crippen LogP contribution in [0.4, 0.5) is 0 Å². The third kappa shape index (κ3) is 4.05. The summed E-state index contributed by atoms with van der Waals surface area (Å²) in [5.74, 6) is 0.264. The van der Waals surface area contributed by atoms with Crippen molar-refractivity contribution in [3.05, 3.63) is 35.9 Å². The van der Waals surface area contributed by atoms with E-state index in [1.807, 2.05) is 30.3 Å². The number of hydrogen-bond donors (Lipinski definition) is 1. The zero-order chi connectivity index (χ0) is 14.5. The molecule has 0 radical (unpaired) electrons. The molecule has 112 valence electrons. The molecule has 3 heteroatoms. The smallest absolute Gasteiger partial charge is 0.0827 e. The maximum absolute atomic E-state index is 10.5. The Morgan fingerprint density at radius 1 is 1.30 bits per heavy atom. The minimum atomic E-state index is -0.364. The second-order valence-corrected chi connectivity index (χ2v) is 6.39. The monoisotopic (exact) mass is 276 g/mol. The van der Waals surface area contributed by atoms with Gasteiger partial charge in [-0.25, -0.2) is 0 Å². The maximum Gasteiger partial charge on any atom is 0.0827 e. The van der Waals surface area contributed by atoms with E-state index in [4.69, 9.17) is 0 Å². The fourth-order valence-corrected chi connectivity index (χ4v) is 3.21. The van der Waals surface area contributed by atoms with Crippen molar-refractivity contribution in [2.24, 2.45) is 5.92 Å². The summed E-state index contributed by atoms with van der Waals surface area (Å²) in [5, 5.41) is 10.5. The van der Waals surface area contributed by atoms with Crippen molar-refractivity contribution in [1.82, 2.24) is 9.80 Å². The van der Waals surface area contributed by atoms with Crippen molar-refractivity contribution in [2.45, 2.75) is 31.9 Å². The van der Waals surface area contributed by atoms with Crippen LogP contribution >= 0.6 is 0 Å². The second-order valence-electron chi connectivity index (χ2n) is 6.39. The molecule has 3 atom stereocenters. The number of likely N-dealkylation sites (tertiary alicyclic amines) is 1. The highest BCUT2D eigenvalue weighted by molar-refractivity contribution is 5.17. The van der Waals surface area contributed by atoms with E-state index in [1.165, 1.54) is 19.4 Å². The number of rotatable bonds is 6. The Balaban J connectivity index is 1.91. The van der Waals surface area contributed by atoms with Crippen LogP contribution < -0.4 is 0 Å². The number of hydrogen-bond acceptors (Lipinski definition) is 3. The van der Waals surface area contributed by atoms with E-state index in [9.17, 15) is 5.11 Å². The van der Waals surface area contributed by atoms with Crippen molar-refractivity contribution in [3.8, 4) is 0 Å². The predicted molar refractivity (Wildman–Crippen MR) is 83.7 cm³/mol. The number of likely N-dealkylation sites (N-methyl/N-ethyl adjacent to an activating group) is 1. The molecule has 1 heterocycles. The van der Waals surface area contributed by atoms with Crippen LogP contribution in [0.5, 0.6) is 0 Å². The first-order valence-corrected chi connectivity index (χ1v) is 7.69. The van der Waals surface area contributed by atoms with Gasteiger partial charge in [-0.3, -0.25) is 4.90 Å². The van der Waals surface area contributed by atoms with E-state index < -0.39 is 0 Å². The topological polar surface area (TPSA) is 26.7 Å². The van der Waals surface area contributed by atoms with Crippen molar-refractivity contribution >= 4 is 0 Å². The molecule has 1 aromatic rings. The third-order valence-corrected chi connectivity index (χ3v) is 4.28. The zero-order valence-electron chi connectivity index (χ0n) is 13.0. The first kappa shape index (κ1) is 15.5. The van der Waals surface area contributed by atoms with Crippen molar-refractivity contribution < 1.29 is 5.11 Å². The van der Waals surface area contributed by atoms with Gasteiger partial charge >= 0.3 is 0 Å². The molecule has 20 heavy (non-hydrogen) atoms. The van der Waals surface area contributed by atoms with E-state index in [0.717, 1.165) is 18.7 Å². The Morgan fingerprint density at radius 3 is 2.65 bits per heavy atom. The minimum Gasteiger partial charge on any atom is -0.388 e. The molecule has 1 N–H and O–H groups in total. The molecule has 1 fully saturated rings. The summed E-state index contributed by atoms with van der Waals surface area (Å²) in [6.07, 6.45) is 2.20. The van der Waals surface area contributed by atoms with Crippen LogP contribution in [0.15, 0.2) is 30.3 Å². The first-order chi connectivity index (χ1) is 9.58. The average molecular weight is 276 g/mol. The minimum absolute atomic E-state index is 0.264. The first-order valence-electron chi connectivity index (χ1n) is 7.69. The lowest BCUT2D eigenvalue weighted by Gasteiger charge is -2.31. The summed E-state index contributed by atoms with van der Waals surface area (Å²) in [7, 11) is 4.28. The van der Waals surface area contributed by atoms with Gasteiger partial charge in [-0.2, -0.15) is 0 Å². The van der Waals surface area contributed by atoms with Gasteiger partial charge in [-0.1, -0.05) is 37.3 Å². The molecule has 0 saturated carbocycles. The molecular formula is C17H28N2O. The van der Waals surface area contributed by atoms with Crippen LogP contribution in [0.25, 0.3) is 0 Å². The van der Waals surface area contributed by atoms with Crippen LogP contribution in [0.2, 0.25) is 0 Å². The summed E-state index contributed by atoms with van der Waals surface area (Å²) in [5.41, 5.74) is 1.03. The van der Waals surface area contributed by atoms with Gasteiger partial charge in [-0.15, -0.1) is 0 Å². The highest BCUT2D eigenvalue weighted by atomic mass is 16.3. The van der Waals surface area contributed by atoms with Crippen molar-refractivity contribution in [1.29, 1.82) is 0 Å². The van der Waals surface area contributed by atoms with Gasteiger partial charge in [-0.05, 0) is 45.0 Å². The van der Waals surface area contributed by atoms with Crippen LogP contribution in [0.3, 0.4) is 0 Å². The van der Waals surface area contributed by atoms with Gasteiger partial charge in [0.15, 0.2) is 0 Å². The van der Waals surface area contributed by atoms with Crippen LogP contribution in [0, 0.1) is 5.92 Å². The maximum atomic E-state index is 10.5. The lowest BCUT2D eigenvalue weighted by molar-refractivity contribution is 0.0803. The van der Waals surface area contributed by atoms with Gasteiger partial charge in [0.2, 0.25) is 0 Å². The number of aliphatic hydroxyl groups excluding tert-OH is 1. The fraction of sp³-hybridized carbons (Fsp3) is 0.647. The largest absolute Gasteiger partial charge is 0.388 e. The van der Waals surface area contributed by atoms with Crippen LogP contribution in [0.1, 0.15) is 31.4 Å². The molecule has 1 aromatic carbocycles. The van der Waals surface area contributed by atoms with Crippen molar-refractivity contribution in [3.63, 3.8) is 0 Å². The molecule has 3 nitrogen and oxygen atoms in total. The molecule has 0 aliphatic carbocycles. The van der Waals surface area contributed by atoms with Crippen LogP contribution in [-0.2, 0) is 0 Å². The van der Waals surface area contributed by atoms with Crippen molar-refractivity contribution in [2.75, 3.05) is 33.7 Å². The third-order valence-electron chi connectivity index (χ3n) is 4.28. The second kappa shape index (κ2) is 7.21. The van der Waals surface area contributed by atoms with E-state index in [2.05, 4.69) is 30.8 Å². The highest BCUT2D eigenvalue weighted by Crippen LogP contribution is 2.26. The number of nitrogens with zero attached hydrogens (tertiary/aromatic N) is 2. The standard InChI is InChI=1S/C17H28N2O/c1-14(17(20)15-8-5-4-6-9-15)12-19-11-7-10-16(19)13-18(2)3/h4-6,8-9,14,16-17,20H,7,10-13H2,1-3H3. The summed E-state index contributed by atoms with van der Waals surface area (Å²) in [6, 6.07) is 10.7. The molecule has 1 aliphatic rings. The molecule has 0 amide bonds. The zero-order valence-corrected chi connectivity index (χ0v) is 13.0. The molecule has 1 aliphatic heterocycles. The van der Waals surface area contributed by atoms with E-state index in [0.29, 0.717) is 6.04 Å². The normalized spacial score (nSPS) is 23.1. The lowest BCUT2D eigenvalue weighted by Crippen LogP contribution is -2.40. The predicted octanol–water partition coefficient (Wildman–Crippen LogP) is 2.38. The van der Waals surface area contributed by atoms with Gasteiger partial charge in [0.05, 0.1) is 6.10 Å². The van der Waals surface area contributed by atoms with Gasteiger partial charge in [0.25, 0.3) is 0 Å². The molecular weight excluding hydrogens is 248 g/mol. The lowest BCUT2D eigenvalue weighted by atomic mass is 9.96. The summed E-state index contributed by atoms with van der Waals surface area (Å²) in [6.45, 7) is 5.43. The summed E-state index contributed by atoms with van der Waals surface area (Å²) >= 11 is 0. The Kier molecular flexibility index (Phi) is 5.58. The molecule has 1 saturated heterocycles. The Labute approximate surface area is 123 Å². The highest BCUT2D eigenvalue weighted by Gasteiger charge is 2.28. The Hall–Kier alpha value is -0.900. The van der Waals surface area contributed by atoms with E-state index in [1.54, 1.807) is 0 Å². The quantitative estimate of drug-likeness (QED) is 0.864. The fourth-order valence-electron chi connectivity index (χ4n) is 3.21. The average Bonchev–Trinajstić information content (AvgIpc) is 2.85. The van der Waals surface area contributed by atoms with E-state index >= 15 is 0 Å². The SMILES string of the molecule is CC(CN1CCCC1CN(C)C)C(O)c1ccccc1. The molecule has 2 rings (SSSR count). The van der Waals surface area contributed by atoms with Crippen LogP contribution in [-0.4, -0.2) is 54.7 Å². The molecule has 0 spiro atoms. The Morgan fingerprint density at radius 2 is 2.00 bits per heavy atom.